The Morgan fingerprint density at radius 2 is 1.96 bits per heavy atom. The van der Waals surface area contributed by atoms with Gasteiger partial charge in [0.15, 0.2) is 12.0 Å². The lowest BCUT2D eigenvalue weighted by Crippen LogP contribution is -1.84. The van der Waals surface area contributed by atoms with E-state index in [9.17, 15) is 4.79 Å². The first-order valence-corrected chi connectivity index (χ1v) is 7.35. The van der Waals surface area contributed by atoms with Gasteiger partial charge in [-0.2, -0.15) is 0 Å². The van der Waals surface area contributed by atoms with Crippen LogP contribution in [0.25, 0.3) is 28.2 Å². The second kappa shape index (κ2) is 5.25. The van der Waals surface area contributed by atoms with Crippen LogP contribution >= 0.6 is 0 Å². The average molecular weight is 302 g/mol. The van der Waals surface area contributed by atoms with Crippen LogP contribution in [-0.2, 0) is 0 Å². The number of hydrogen-bond acceptors (Lipinski definition) is 3. The molecule has 4 rings (SSSR count). The van der Waals surface area contributed by atoms with E-state index < -0.39 is 0 Å². The van der Waals surface area contributed by atoms with Crippen molar-refractivity contribution in [3.8, 4) is 22.6 Å². The predicted molar refractivity (Wildman–Crippen MR) is 88.5 cm³/mol. The number of rotatable bonds is 3. The highest BCUT2D eigenvalue weighted by molar-refractivity contribution is 5.74. The Kier molecular flexibility index (Phi) is 3.08. The third-order valence-corrected chi connectivity index (χ3v) is 3.86. The molecule has 1 aromatic carbocycles. The van der Waals surface area contributed by atoms with Crippen LogP contribution in [0.3, 0.4) is 0 Å². The minimum Gasteiger partial charge on any atom is -0.453 e. The van der Waals surface area contributed by atoms with Crippen molar-refractivity contribution in [2.75, 3.05) is 0 Å². The van der Waals surface area contributed by atoms with E-state index in [0.717, 1.165) is 28.0 Å². The van der Waals surface area contributed by atoms with E-state index in [2.05, 4.69) is 0 Å². The SMILES string of the molecule is Cc1cccn2cc(-c3cccc(-c4ccc(C=O)o4)c3)nc12. The summed E-state index contributed by atoms with van der Waals surface area (Å²) in [5.41, 5.74) is 4.92. The summed E-state index contributed by atoms with van der Waals surface area (Å²) in [6, 6.07) is 15.5. The van der Waals surface area contributed by atoms with Gasteiger partial charge in [0.1, 0.15) is 11.4 Å². The second-order valence-electron chi connectivity index (χ2n) is 5.45. The standard InChI is InChI=1S/C19H14N2O2/c1-13-4-3-9-21-11-17(20-19(13)21)14-5-2-6-15(10-14)18-8-7-16(12-22)23-18/h2-12H,1H3. The maximum absolute atomic E-state index is 10.8. The largest absolute Gasteiger partial charge is 0.453 e. The maximum Gasteiger partial charge on any atom is 0.185 e. The molecule has 0 N–H and O–H groups in total. The minimum atomic E-state index is 0.328. The normalized spacial score (nSPS) is 11.0. The molecule has 3 heterocycles. The van der Waals surface area contributed by atoms with E-state index >= 15 is 0 Å². The number of carbonyl (C=O) groups is 1. The Labute approximate surface area is 133 Å². The van der Waals surface area contributed by atoms with Gasteiger partial charge in [-0.3, -0.25) is 4.79 Å². The Hall–Kier alpha value is -3.14. The molecule has 0 radical (unpaired) electrons. The molecular formula is C19H14N2O2. The van der Waals surface area contributed by atoms with E-state index in [1.165, 1.54) is 0 Å². The number of aromatic nitrogens is 2. The zero-order valence-electron chi connectivity index (χ0n) is 12.6. The molecule has 0 aliphatic rings. The topological polar surface area (TPSA) is 47.5 Å². The first kappa shape index (κ1) is 13.5. The first-order valence-electron chi connectivity index (χ1n) is 7.35. The second-order valence-corrected chi connectivity index (χ2v) is 5.45. The summed E-state index contributed by atoms with van der Waals surface area (Å²) in [6.45, 7) is 2.05. The first-order chi connectivity index (χ1) is 11.2. The van der Waals surface area contributed by atoms with Crippen LogP contribution in [0.5, 0.6) is 0 Å². The number of carbonyl (C=O) groups excluding carboxylic acids is 1. The third kappa shape index (κ3) is 2.34. The van der Waals surface area contributed by atoms with E-state index in [4.69, 9.17) is 9.40 Å². The van der Waals surface area contributed by atoms with Gasteiger partial charge >= 0.3 is 0 Å². The van der Waals surface area contributed by atoms with Crippen molar-refractivity contribution in [3.63, 3.8) is 0 Å². The Morgan fingerprint density at radius 1 is 1.09 bits per heavy atom. The summed E-state index contributed by atoms with van der Waals surface area (Å²) >= 11 is 0. The fourth-order valence-electron chi connectivity index (χ4n) is 2.70. The molecular weight excluding hydrogens is 288 g/mol. The van der Waals surface area contributed by atoms with Crippen molar-refractivity contribution in [1.82, 2.24) is 9.38 Å². The Bertz CT molecular complexity index is 1010. The van der Waals surface area contributed by atoms with Crippen LogP contribution < -0.4 is 0 Å². The number of hydrogen-bond donors (Lipinski definition) is 0. The lowest BCUT2D eigenvalue weighted by atomic mass is 10.1. The molecule has 0 bridgehead atoms. The summed E-state index contributed by atoms with van der Waals surface area (Å²) in [6.07, 6.45) is 4.71. The molecule has 0 spiro atoms. The van der Waals surface area contributed by atoms with Crippen LogP contribution in [0.15, 0.2) is 65.3 Å². The van der Waals surface area contributed by atoms with Gasteiger partial charge in [-0.1, -0.05) is 24.3 Å². The summed E-state index contributed by atoms with van der Waals surface area (Å²) in [4.78, 5) is 15.5. The van der Waals surface area contributed by atoms with Gasteiger partial charge in [-0.15, -0.1) is 0 Å². The molecule has 0 unspecified atom stereocenters. The van der Waals surface area contributed by atoms with Crippen LogP contribution in [0.1, 0.15) is 16.1 Å². The van der Waals surface area contributed by atoms with Crippen molar-refractivity contribution in [2.24, 2.45) is 0 Å². The number of aldehydes is 1. The van der Waals surface area contributed by atoms with Crippen LogP contribution in [0.2, 0.25) is 0 Å². The highest BCUT2D eigenvalue weighted by Crippen LogP contribution is 2.27. The molecule has 0 saturated heterocycles. The van der Waals surface area contributed by atoms with E-state index in [-0.39, 0.29) is 0 Å². The van der Waals surface area contributed by atoms with Crippen molar-refractivity contribution in [1.29, 1.82) is 0 Å². The number of furan rings is 1. The molecule has 0 saturated carbocycles. The molecule has 0 atom stereocenters. The monoisotopic (exact) mass is 302 g/mol. The fourth-order valence-corrected chi connectivity index (χ4v) is 2.70. The third-order valence-electron chi connectivity index (χ3n) is 3.86. The summed E-state index contributed by atoms with van der Waals surface area (Å²) < 4.78 is 7.52. The van der Waals surface area contributed by atoms with Gasteiger partial charge < -0.3 is 8.82 Å². The van der Waals surface area contributed by atoms with Crippen LogP contribution in [-0.4, -0.2) is 15.7 Å². The fraction of sp³-hybridized carbons (Fsp3) is 0.0526. The summed E-state index contributed by atoms with van der Waals surface area (Å²) in [5.74, 6) is 1.00. The number of imidazole rings is 1. The number of nitrogens with zero attached hydrogens (tertiary/aromatic N) is 2. The number of aryl methyl sites for hydroxylation is 1. The lowest BCUT2D eigenvalue weighted by Gasteiger charge is -2.00. The van der Waals surface area contributed by atoms with Gasteiger partial charge in [-0.05, 0) is 36.8 Å². The Balaban J connectivity index is 1.80. The average Bonchev–Trinajstić information content (AvgIpc) is 3.22. The number of fused-ring (bicyclic) bond motifs is 1. The number of benzene rings is 1. The smallest absolute Gasteiger partial charge is 0.185 e. The summed E-state index contributed by atoms with van der Waals surface area (Å²) in [7, 11) is 0. The van der Waals surface area contributed by atoms with Gasteiger partial charge in [-0.25, -0.2) is 4.98 Å². The zero-order chi connectivity index (χ0) is 15.8. The Morgan fingerprint density at radius 3 is 2.74 bits per heavy atom. The van der Waals surface area contributed by atoms with Crippen molar-refractivity contribution in [3.05, 3.63) is 72.2 Å². The van der Waals surface area contributed by atoms with Gasteiger partial charge in [0.05, 0.1) is 5.69 Å². The summed E-state index contributed by atoms with van der Waals surface area (Å²) in [5, 5.41) is 0. The molecule has 0 aliphatic carbocycles. The zero-order valence-corrected chi connectivity index (χ0v) is 12.6. The van der Waals surface area contributed by atoms with Gasteiger partial charge in [0.2, 0.25) is 0 Å². The highest BCUT2D eigenvalue weighted by Gasteiger charge is 2.09. The molecule has 4 aromatic rings. The van der Waals surface area contributed by atoms with Gasteiger partial charge in [0, 0.05) is 23.5 Å². The quantitative estimate of drug-likeness (QED) is 0.528. The molecule has 4 heteroatoms. The molecule has 0 aliphatic heterocycles. The molecule has 0 amide bonds. The van der Waals surface area contributed by atoms with E-state index in [0.29, 0.717) is 17.8 Å². The molecule has 23 heavy (non-hydrogen) atoms. The highest BCUT2D eigenvalue weighted by atomic mass is 16.3. The molecule has 4 nitrogen and oxygen atoms in total. The predicted octanol–water partition coefficient (Wildman–Crippen LogP) is 4.38. The molecule has 3 aromatic heterocycles. The van der Waals surface area contributed by atoms with E-state index in [1.54, 1.807) is 12.1 Å². The lowest BCUT2D eigenvalue weighted by molar-refractivity contribution is 0.110. The van der Waals surface area contributed by atoms with Crippen LogP contribution in [0, 0.1) is 6.92 Å². The van der Waals surface area contributed by atoms with Crippen molar-refractivity contribution >= 4 is 11.9 Å². The number of pyridine rings is 1. The molecule has 112 valence electrons. The van der Waals surface area contributed by atoms with Crippen molar-refractivity contribution < 1.29 is 9.21 Å². The van der Waals surface area contributed by atoms with E-state index in [1.807, 2.05) is 60.1 Å². The maximum atomic E-state index is 10.8. The molecule has 0 fully saturated rings. The van der Waals surface area contributed by atoms with Crippen molar-refractivity contribution in [2.45, 2.75) is 6.92 Å². The minimum absolute atomic E-state index is 0.328. The van der Waals surface area contributed by atoms with Crippen LogP contribution in [0.4, 0.5) is 0 Å². The van der Waals surface area contributed by atoms with Gasteiger partial charge in [0.25, 0.3) is 0 Å².